The SMILES string of the molecule is Cc1cnc(N2CC3(CCC(C(=O)N4CCCC4)O3)C2)nc1. The Morgan fingerprint density at radius 2 is 1.95 bits per heavy atom. The molecule has 118 valence electrons. The van der Waals surface area contributed by atoms with E-state index in [0.29, 0.717) is 0 Å². The minimum atomic E-state index is -0.237. The van der Waals surface area contributed by atoms with Gasteiger partial charge in [-0.2, -0.15) is 0 Å². The van der Waals surface area contributed by atoms with Crippen molar-refractivity contribution in [2.75, 3.05) is 31.1 Å². The molecule has 0 N–H and O–H groups in total. The fourth-order valence-corrected chi connectivity index (χ4v) is 3.70. The molecule has 0 aliphatic carbocycles. The Kier molecular flexibility index (Phi) is 3.29. The second-order valence-electron chi connectivity index (χ2n) is 6.78. The number of aromatic nitrogens is 2. The van der Waals surface area contributed by atoms with E-state index in [2.05, 4.69) is 14.9 Å². The zero-order valence-electron chi connectivity index (χ0n) is 13.0. The summed E-state index contributed by atoms with van der Waals surface area (Å²) < 4.78 is 6.15. The summed E-state index contributed by atoms with van der Waals surface area (Å²) in [5.41, 5.74) is 0.904. The molecular weight excluding hydrogens is 280 g/mol. The molecule has 6 heteroatoms. The fraction of sp³-hybridized carbons (Fsp3) is 0.688. The molecule has 3 aliphatic heterocycles. The normalized spacial score (nSPS) is 26.5. The molecule has 0 aromatic carbocycles. The first-order valence-corrected chi connectivity index (χ1v) is 8.15. The third-order valence-corrected chi connectivity index (χ3v) is 4.96. The summed E-state index contributed by atoms with van der Waals surface area (Å²) >= 11 is 0. The number of carbonyl (C=O) groups is 1. The summed E-state index contributed by atoms with van der Waals surface area (Å²) in [5, 5.41) is 0. The van der Waals surface area contributed by atoms with Gasteiger partial charge in [0, 0.05) is 25.5 Å². The molecule has 0 bridgehead atoms. The van der Waals surface area contributed by atoms with E-state index in [0.717, 1.165) is 63.4 Å². The lowest BCUT2D eigenvalue weighted by molar-refractivity contribution is -0.148. The highest BCUT2D eigenvalue weighted by molar-refractivity contribution is 5.81. The lowest BCUT2D eigenvalue weighted by Gasteiger charge is -2.47. The highest BCUT2D eigenvalue weighted by Gasteiger charge is 2.52. The molecule has 1 unspecified atom stereocenters. The molecule has 1 spiro atoms. The predicted molar refractivity (Wildman–Crippen MR) is 81.6 cm³/mol. The molecule has 3 fully saturated rings. The number of nitrogens with zero attached hydrogens (tertiary/aromatic N) is 4. The van der Waals surface area contributed by atoms with Crippen molar-refractivity contribution in [3.8, 4) is 0 Å². The van der Waals surface area contributed by atoms with Crippen molar-refractivity contribution < 1.29 is 9.53 Å². The van der Waals surface area contributed by atoms with Crippen LogP contribution in [0.15, 0.2) is 12.4 Å². The molecule has 1 aromatic rings. The quantitative estimate of drug-likeness (QED) is 0.820. The molecule has 3 saturated heterocycles. The Morgan fingerprint density at radius 1 is 1.27 bits per heavy atom. The van der Waals surface area contributed by atoms with Gasteiger partial charge in [-0.1, -0.05) is 0 Å². The molecule has 0 saturated carbocycles. The number of hydrogen-bond acceptors (Lipinski definition) is 5. The van der Waals surface area contributed by atoms with Crippen molar-refractivity contribution in [1.29, 1.82) is 0 Å². The van der Waals surface area contributed by atoms with Gasteiger partial charge in [0.25, 0.3) is 5.91 Å². The van der Waals surface area contributed by atoms with Gasteiger partial charge in [-0.25, -0.2) is 9.97 Å². The number of ether oxygens (including phenoxy) is 1. The maximum atomic E-state index is 12.4. The van der Waals surface area contributed by atoms with Gasteiger partial charge >= 0.3 is 0 Å². The summed E-state index contributed by atoms with van der Waals surface area (Å²) in [5.74, 6) is 0.952. The molecule has 4 rings (SSSR count). The van der Waals surface area contributed by atoms with Gasteiger partial charge < -0.3 is 14.5 Å². The monoisotopic (exact) mass is 302 g/mol. The molecule has 1 aromatic heterocycles. The molecule has 22 heavy (non-hydrogen) atoms. The van der Waals surface area contributed by atoms with Gasteiger partial charge in [-0.15, -0.1) is 0 Å². The van der Waals surface area contributed by atoms with Gasteiger partial charge in [0.2, 0.25) is 5.95 Å². The second-order valence-corrected chi connectivity index (χ2v) is 6.78. The van der Waals surface area contributed by atoms with Crippen LogP contribution in [-0.2, 0) is 9.53 Å². The average Bonchev–Trinajstić information content (AvgIpc) is 3.16. The number of carbonyl (C=O) groups excluding carboxylic acids is 1. The maximum absolute atomic E-state index is 12.4. The minimum Gasteiger partial charge on any atom is -0.358 e. The maximum Gasteiger partial charge on any atom is 0.251 e. The van der Waals surface area contributed by atoms with Crippen LogP contribution in [0, 0.1) is 6.92 Å². The van der Waals surface area contributed by atoms with Gasteiger partial charge in [0.15, 0.2) is 0 Å². The van der Waals surface area contributed by atoms with E-state index < -0.39 is 0 Å². The third kappa shape index (κ3) is 2.35. The lowest BCUT2D eigenvalue weighted by atomic mass is 9.91. The number of amides is 1. The van der Waals surface area contributed by atoms with Crippen LogP contribution < -0.4 is 4.90 Å². The van der Waals surface area contributed by atoms with Crippen LogP contribution in [0.5, 0.6) is 0 Å². The number of rotatable bonds is 2. The zero-order chi connectivity index (χ0) is 15.2. The third-order valence-electron chi connectivity index (χ3n) is 4.96. The summed E-state index contributed by atoms with van der Waals surface area (Å²) in [4.78, 5) is 25.2. The first-order chi connectivity index (χ1) is 10.7. The number of hydrogen-bond donors (Lipinski definition) is 0. The summed E-state index contributed by atoms with van der Waals surface area (Å²) in [6, 6.07) is 0. The minimum absolute atomic E-state index is 0.158. The first kappa shape index (κ1) is 13.9. The predicted octanol–water partition coefficient (Wildman–Crippen LogP) is 1.15. The molecule has 0 radical (unpaired) electrons. The van der Waals surface area contributed by atoms with Crippen LogP contribution in [-0.4, -0.2) is 58.7 Å². The van der Waals surface area contributed by atoms with E-state index in [1.165, 1.54) is 0 Å². The fourth-order valence-electron chi connectivity index (χ4n) is 3.70. The van der Waals surface area contributed by atoms with Crippen LogP contribution >= 0.6 is 0 Å². The van der Waals surface area contributed by atoms with Crippen molar-refractivity contribution in [3.05, 3.63) is 18.0 Å². The van der Waals surface area contributed by atoms with E-state index in [-0.39, 0.29) is 17.6 Å². The molecular formula is C16H22N4O2. The largest absolute Gasteiger partial charge is 0.358 e. The smallest absolute Gasteiger partial charge is 0.251 e. The summed E-state index contributed by atoms with van der Waals surface area (Å²) in [6.07, 6.45) is 7.49. The van der Waals surface area contributed by atoms with E-state index in [1.807, 2.05) is 24.2 Å². The van der Waals surface area contributed by atoms with Gasteiger partial charge in [0.05, 0.1) is 13.1 Å². The van der Waals surface area contributed by atoms with Crippen molar-refractivity contribution in [2.24, 2.45) is 0 Å². The van der Waals surface area contributed by atoms with Crippen molar-refractivity contribution >= 4 is 11.9 Å². The van der Waals surface area contributed by atoms with E-state index in [9.17, 15) is 4.79 Å². The number of anilines is 1. The molecule has 1 amide bonds. The molecule has 1 atom stereocenters. The zero-order valence-corrected chi connectivity index (χ0v) is 13.0. The Bertz CT molecular complexity index is 562. The van der Waals surface area contributed by atoms with Gasteiger partial charge in [-0.3, -0.25) is 4.79 Å². The Hall–Kier alpha value is -1.69. The van der Waals surface area contributed by atoms with Crippen LogP contribution in [0.1, 0.15) is 31.2 Å². The molecule has 4 heterocycles. The highest BCUT2D eigenvalue weighted by atomic mass is 16.5. The number of aryl methyl sites for hydroxylation is 1. The van der Waals surface area contributed by atoms with E-state index in [4.69, 9.17) is 4.74 Å². The van der Waals surface area contributed by atoms with E-state index in [1.54, 1.807) is 0 Å². The Morgan fingerprint density at radius 3 is 2.64 bits per heavy atom. The summed E-state index contributed by atoms with van der Waals surface area (Å²) in [6.45, 7) is 5.36. The molecule has 6 nitrogen and oxygen atoms in total. The second kappa shape index (κ2) is 5.19. The number of likely N-dealkylation sites (tertiary alicyclic amines) is 1. The lowest BCUT2D eigenvalue weighted by Crippen LogP contribution is -2.62. The van der Waals surface area contributed by atoms with Crippen LogP contribution in [0.4, 0.5) is 5.95 Å². The van der Waals surface area contributed by atoms with Crippen molar-refractivity contribution in [3.63, 3.8) is 0 Å². The first-order valence-electron chi connectivity index (χ1n) is 8.15. The average molecular weight is 302 g/mol. The Balaban J connectivity index is 1.35. The highest BCUT2D eigenvalue weighted by Crippen LogP contribution is 2.40. The summed E-state index contributed by atoms with van der Waals surface area (Å²) in [7, 11) is 0. The molecule has 3 aliphatic rings. The van der Waals surface area contributed by atoms with Crippen molar-refractivity contribution in [1.82, 2.24) is 14.9 Å². The van der Waals surface area contributed by atoms with Crippen LogP contribution in [0.3, 0.4) is 0 Å². The van der Waals surface area contributed by atoms with E-state index >= 15 is 0 Å². The van der Waals surface area contributed by atoms with Crippen LogP contribution in [0.2, 0.25) is 0 Å². The van der Waals surface area contributed by atoms with Gasteiger partial charge in [-0.05, 0) is 38.2 Å². The Labute approximate surface area is 130 Å². The topological polar surface area (TPSA) is 58.6 Å². The standard InChI is InChI=1S/C16H22N4O2/c1-12-8-17-15(18-9-12)20-10-16(11-20)5-4-13(22-16)14(21)19-6-2-3-7-19/h8-9,13H,2-7,10-11H2,1H3. The van der Waals surface area contributed by atoms with Gasteiger partial charge in [0.1, 0.15) is 11.7 Å². The van der Waals surface area contributed by atoms with Crippen molar-refractivity contribution in [2.45, 2.75) is 44.3 Å². The van der Waals surface area contributed by atoms with Crippen LogP contribution in [0.25, 0.3) is 0 Å².